The summed E-state index contributed by atoms with van der Waals surface area (Å²) < 4.78 is 24.3. The molecular weight excluding hydrogens is 301 g/mol. The fourth-order valence-corrected chi connectivity index (χ4v) is 5.13. The fourth-order valence-electron chi connectivity index (χ4n) is 2.56. The van der Waals surface area contributed by atoms with Gasteiger partial charge < -0.3 is 9.05 Å². The van der Waals surface area contributed by atoms with E-state index in [4.69, 9.17) is 9.05 Å². The molecule has 0 saturated heterocycles. The molecule has 133 valence electrons. The summed E-state index contributed by atoms with van der Waals surface area (Å²) in [7, 11) is -3.48. The SMILES string of the molecule is CCCCC(CC)C(N([O])C(C)(C)C)P(=O)(OCC)OCC. The first kappa shape index (κ1) is 22.1. The van der Waals surface area contributed by atoms with Gasteiger partial charge in [0.1, 0.15) is 5.78 Å². The molecule has 6 heteroatoms. The molecule has 0 rings (SSSR count). The van der Waals surface area contributed by atoms with E-state index >= 15 is 0 Å². The number of nitrogens with zero attached hydrogens (tertiary/aromatic N) is 1. The molecule has 0 aliphatic carbocycles. The fraction of sp³-hybridized carbons (Fsp3) is 1.00. The van der Waals surface area contributed by atoms with E-state index in [9.17, 15) is 9.77 Å². The molecule has 0 heterocycles. The molecule has 0 aromatic rings. The van der Waals surface area contributed by atoms with E-state index in [0.717, 1.165) is 30.7 Å². The standard InChI is InChI=1S/C16H35NO4P/c1-8-12-13-14(9-2)15(17(18)16(5,6)7)22(19,20-10-3)21-11-4/h14-15H,8-13H2,1-7H3. The molecule has 0 bridgehead atoms. The van der Waals surface area contributed by atoms with Gasteiger partial charge in [0.25, 0.3) is 0 Å². The van der Waals surface area contributed by atoms with Crippen molar-refractivity contribution in [2.45, 2.75) is 85.5 Å². The molecule has 0 spiro atoms. The first-order chi connectivity index (χ1) is 10.2. The van der Waals surface area contributed by atoms with Crippen LogP contribution in [0.2, 0.25) is 0 Å². The van der Waals surface area contributed by atoms with Gasteiger partial charge in [-0.3, -0.25) is 4.57 Å². The van der Waals surface area contributed by atoms with Gasteiger partial charge in [0.15, 0.2) is 0 Å². The molecule has 0 fully saturated rings. The van der Waals surface area contributed by atoms with Gasteiger partial charge in [0.2, 0.25) is 0 Å². The van der Waals surface area contributed by atoms with E-state index in [1.165, 1.54) is 0 Å². The van der Waals surface area contributed by atoms with Crippen LogP contribution >= 0.6 is 7.60 Å². The zero-order valence-electron chi connectivity index (χ0n) is 15.4. The normalized spacial score (nSPS) is 16.0. The average molecular weight is 336 g/mol. The molecule has 0 aromatic heterocycles. The predicted molar refractivity (Wildman–Crippen MR) is 90.2 cm³/mol. The van der Waals surface area contributed by atoms with Crippen LogP contribution in [0, 0.1) is 5.92 Å². The Labute approximate surface area is 136 Å². The zero-order valence-corrected chi connectivity index (χ0v) is 16.3. The van der Waals surface area contributed by atoms with Crippen molar-refractivity contribution in [3.63, 3.8) is 0 Å². The van der Waals surface area contributed by atoms with E-state index in [1.54, 1.807) is 13.8 Å². The van der Waals surface area contributed by atoms with Gasteiger partial charge in [-0.15, -0.1) is 10.3 Å². The average Bonchev–Trinajstić information content (AvgIpc) is 2.42. The molecule has 2 unspecified atom stereocenters. The summed E-state index contributed by atoms with van der Waals surface area (Å²) in [5, 5.41) is 13.9. The van der Waals surface area contributed by atoms with Crippen LogP contribution in [-0.2, 0) is 18.8 Å². The van der Waals surface area contributed by atoms with Crippen molar-refractivity contribution in [3.8, 4) is 0 Å². The van der Waals surface area contributed by atoms with Gasteiger partial charge in [-0.25, -0.2) is 0 Å². The molecule has 0 aliphatic heterocycles. The van der Waals surface area contributed by atoms with Gasteiger partial charge in [-0.2, -0.15) is 0 Å². The summed E-state index contributed by atoms with van der Waals surface area (Å²) in [4.78, 5) is 0. The second-order valence-corrected chi connectivity index (χ2v) is 8.72. The number of hydrogen-bond donors (Lipinski definition) is 0. The van der Waals surface area contributed by atoms with E-state index < -0.39 is 18.9 Å². The number of hydroxylamine groups is 2. The Morgan fingerprint density at radius 3 is 1.86 bits per heavy atom. The minimum atomic E-state index is -3.48. The van der Waals surface area contributed by atoms with Gasteiger partial charge in [0.05, 0.1) is 13.2 Å². The molecule has 0 aromatic carbocycles. The van der Waals surface area contributed by atoms with Crippen molar-refractivity contribution < 1.29 is 18.8 Å². The molecule has 0 amide bonds. The third-order valence-electron chi connectivity index (χ3n) is 3.72. The van der Waals surface area contributed by atoms with E-state index in [2.05, 4.69) is 6.92 Å². The third kappa shape index (κ3) is 6.29. The molecule has 2 atom stereocenters. The maximum atomic E-state index is 13.3. The van der Waals surface area contributed by atoms with Crippen molar-refractivity contribution in [2.75, 3.05) is 13.2 Å². The highest BCUT2D eigenvalue weighted by molar-refractivity contribution is 7.54. The largest absolute Gasteiger partial charge is 0.350 e. The zero-order chi connectivity index (χ0) is 17.4. The Morgan fingerprint density at radius 1 is 1.05 bits per heavy atom. The first-order valence-electron chi connectivity index (χ1n) is 8.53. The highest BCUT2D eigenvalue weighted by atomic mass is 31.2. The third-order valence-corrected chi connectivity index (χ3v) is 6.23. The lowest BCUT2D eigenvalue weighted by molar-refractivity contribution is -0.235. The van der Waals surface area contributed by atoms with Gasteiger partial charge >= 0.3 is 7.60 Å². The van der Waals surface area contributed by atoms with Crippen LogP contribution in [0.15, 0.2) is 0 Å². The van der Waals surface area contributed by atoms with Crippen molar-refractivity contribution in [3.05, 3.63) is 0 Å². The maximum absolute atomic E-state index is 13.3. The number of rotatable bonds is 11. The van der Waals surface area contributed by atoms with Crippen molar-refractivity contribution in [1.82, 2.24) is 5.06 Å². The smallest absolute Gasteiger partial charge is 0.308 e. The topological polar surface area (TPSA) is 58.7 Å². The Hall–Kier alpha value is 0.0700. The summed E-state index contributed by atoms with van der Waals surface area (Å²) in [6.07, 6.45) is 3.69. The van der Waals surface area contributed by atoms with Crippen molar-refractivity contribution in [1.29, 1.82) is 0 Å². The van der Waals surface area contributed by atoms with Crippen LogP contribution in [0.4, 0.5) is 0 Å². The first-order valence-corrected chi connectivity index (χ1v) is 10.1. The summed E-state index contributed by atoms with van der Waals surface area (Å²) in [5.74, 6) is -0.746. The lowest BCUT2D eigenvalue weighted by Crippen LogP contribution is -2.48. The van der Waals surface area contributed by atoms with Gasteiger partial charge in [-0.1, -0.05) is 33.1 Å². The summed E-state index contributed by atoms with van der Waals surface area (Å²) in [6.45, 7) is 13.8. The second kappa shape index (κ2) is 10.0. The monoisotopic (exact) mass is 336 g/mol. The van der Waals surface area contributed by atoms with E-state index in [-0.39, 0.29) is 19.1 Å². The molecule has 0 N–H and O–H groups in total. The number of unbranched alkanes of at least 4 members (excludes halogenated alkanes) is 1. The van der Waals surface area contributed by atoms with E-state index in [1.807, 2.05) is 27.7 Å². The van der Waals surface area contributed by atoms with E-state index in [0.29, 0.717) is 0 Å². The lowest BCUT2D eigenvalue weighted by atomic mass is 9.97. The highest BCUT2D eigenvalue weighted by Gasteiger charge is 2.48. The molecular formula is C16H35NO4P. The molecule has 0 aliphatic rings. The molecule has 22 heavy (non-hydrogen) atoms. The Bertz CT molecular complexity index is 334. The van der Waals surface area contributed by atoms with Gasteiger partial charge in [-0.05, 0) is 47.0 Å². The minimum absolute atomic E-state index is 0.000563. The highest BCUT2D eigenvalue weighted by Crippen LogP contribution is 2.58. The Morgan fingerprint density at radius 2 is 1.55 bits per heavy atom. The second-order valence-electron chi connectivity index (χ2n) is 6.60. The lowest BCUT2D eigenvalue weighted by Gasteiger charge is -2.41. The van der Waals surface area contributed by atoms with Crippen LogP contribution in [0.5, 0.6) is 0 Å². The van der Waals surface area contributed by atoms with Crippen molar-refractivity contribution >= 4 is 7.60 Å². The molecule has 5 nitrogen and oxygen atoms in total. The Kier molecular flexibility index (Phi) is 10.1. The van der Waals surface area contributed by atoms with Gasteiger partial charge in [0, 0.05) is 5.54 Å². The molecule has 0 saturated carbocycles. The van der Waals surface area contributed by atoms with Crippen LogP contribution in [-0.4, -0.2) is 29.6 Å². The van der Waals surface area contributed by atoms with Crippen LogP contribution < -0.4 is 0 Å². The Balaban J connectivity index is 5.68. The van der Waals surface area contributed by atoms with Crippen molar-refractivity contribution in [2.24, 2.45) is 5.92 Å². The molecule has 1 radical (unpaired) electrons. The summed E-state index contributed by atoms with van der Waals surface area (Å²) in [6, 6.07) is 0. The van der Waals surface area contributed by atoms with Crippen LogP contribution in [0.25, 0.3) is 0 Å². The number of hydrogen-bond acceptors (Lipinski definition) is 4. The van der Waals surface area contributed by atoms with Crippen LogP contribution in [0.1, 0.15) is 74.1 Å². The predicted octanol–water partition coefficient (Wildman–Crippen LogP) is 5.24. The van der Waals surface area contributed by atoms with Crippen LogP contribution in [0.3, 0.4) is 0 Å². The minimum Gasteiger partial charge on any atom is -0.308 e. The maximum Gasteiger partial charge on any atom is 0.350 e. The quantitative estimate of drug-likeness (QED) is 0.382. The summed E-state index contributed by atoms with van der Waals surface area (Å²) in [5.41, 5.74) is -0.645. The summed E-state index contributed by atoms with van der Waals surface area (Å²) >= 11 is 0.